The number of nitrogens with zero attached hydrogens (tertiary/aromatic N) is 1. The van der Waals surface area contributed by atoms with Gasteiger partial charge in [-0.1, -0.05) is 25.1 Å². The molecule has 0 radical (unpaired) electrons. The van der Waals surface area contributed by atoms with E-state index in [-0.39, 0.29) is 5.97 Å². The van der Waals surface area contributed by atoms with Gasteiger partial charge in [0.2, 0.25) is 0 Å². The van der Waals surface area contributed by atoms with Gasteiger partial charge in [0.15, 0.2) is 0 Å². The molecule has 4 nitrogen and oxygen atoms in total. The lowest BCUT2D eigenvalue weighted by Gasteiger charge is -2.21. The molecule has 1 heterocycles. The Morgan fingerprint density at radius 2 is 2.32 bits per heavy atom. The second-order valence-electron chi connectivity index (χ2n) is 4.91. The molecule has 104 valence electrons. The van der Waals surface area contributed by atoms with Crippen LogP contribution in [0, 0.1) is 0 Å². The van der Waals surface area contributed by atoms with Crippen molar-refractivity contribution < 1.29 is 9.53 Å². The van der Waals surface area contributed by atoms with E-state index in [1.807, 2.05) is 0 Å². The Kier molecular flexibility index (Phi) is 4.80. The Morgan fingerprint density at radius 3 is 3.05 bits per heavy atom. The molecule has 0 saturated carbocycles. The van der Waals surface area contributed by atoms with Crippen LogP contribution in [0.1, 0.15) is 24.5 Å². The lowest BCUT2D eigenvalue weighted by Crippen LogP contribution is -2.31. The van der Waals surface area contributed by atoms with Crippen molar-refractivity contribution in [1.82, 2.24) is 4.90 Å². The zero-order valence-electron chi connectivity index (χ0n) is 11.7. The number of hydrogen-bond donors (Lipinski definition) is 1. The molecule has 1 aromatic carbocycles. The van der Waals surface area contributed by atoms with Gasteiger partial charge in [-0.3, -0.25) is 9.69 Å². The topological polar surface area (TPSA) is 41.6 Å². The van der Waals surface area contributed by atoms with Gasteiger partial charge in [-0.25, -0.2) is 0 Å². The quantitative estimate of drug-likeness (QED) is 0.797. The third-order valence-corrected chi connectivity index (χ3v) is 3.45. The number of carbonyl (C=O) groups excluding carboxylic acids is 1. The maximum atomic E-state index is 11.4. The number of fused-ring (bicyclic) bond motifs is 1. The molecule has 0 saturated heterocycles. The maximum Gasteiger partial charge on any atom is 0.319 e. The Labute approximate surface area is 114 Å². The average molecular weight is 262 g/mol. The standard InChI is InChI=1S/C15H22N2O2/c1-3-9-17(11-14(18)19-2)10-13-6-4-5-12-7-8-16-15(12)13/h4-6,16H,3,7-11H2,1-2H3. The van der Waals surface area contributed by atoms with E-state index in [1.165, 1.54) is 23.9 Å². The normalized spacial score (nSPS) is 13.2. The monoisotopic (exact) mass is 262 g/mol. The van der Waals surface area contributed by atoms with Crippen molar-refractivity contribution in [3.63, 3.8) is 0 Å². The summed E-state index contributed by atoms with van der Waals surface area (Å²) in [5.74, 6) is -0.172. The minimum Gasteiger partial charge on any atom is -0.468 e. The Morgan fingerprint density at radius 1 is 1.47 bits per heavy atom. The number of nitrogens with one attached hydrogen (secondary N) is 1. The maximum absolute atomic E-state index is 11.4. The van der Waals surface area contributed by atoms with Gasteiger partial charge >= 0.3 is 5.97 Å². The van der Waals surface area contributed by atoms with Crippen LogP contribution in [0.2, 0.25) is 0 Å². The fourth-order valence-corrected chi connectivity index (χ4v) is 2.56. The van der Waals surface area contributed by atoms with Crippen molar-refractivity contribution in [3.05, 3.63) is 29.3 Å². The predicted molar refractivity (Wildman–Crippen MR) is 76.2 cm³/mol. The molecule has 0 spiro atoms. The lowest BCUT2D eigenvalue weighted by atomic mass is 10.1. The minimum absolute atomic E-state index is 0.172. The van der Waals surface area contributed by atoms with Gasteiger partial charge in [-0.05, 0) is 30.5 Å². The van der Waals surface area contributed by atoms with Gasteiger partial charge < -0.3 is 10.1 Å². The second-order valence-corrected chi connectivity index (χ2v) is 4.91. The molecular formula is C15H22N2O2. The first-order chi connectivity index (χ1) is 9.24. The van der Waals surface area contributed by atoms with E-state index in [1.54, 1.807) is 0 Å². The summed E-state index contributed by atoms with van der Waals surface area (Å²) in [5.41, 5.74) is 3.91. The van der Waals surface area contributed by atoms with Gasteiger partial charge in [-0.15, -0.1) is 0 Å². The molecule has 1 N–H and O–H groups in total. The number of benzene rings is 1. The summed E-state index contributed by atoms with van der Waals surface area (Å²) in [6, 6.07) is 6.41. The highest BCUT2D eigenvalue weighted by Crippen LogP contribution is 2.27. The fraction of sp³-hybridized carbons (Fsp3) is 0.533. The third kappa shape index (κ3) is 3.47. The number of rotatable bonds is 6. The summed E-state index contributed by atoms with van der Waals surface area (Å²) in [6.45, 7) is 5.18. The number of methoxy groups -OCH3 is 1. The smallest absolute Gasteiger partial charge is 0.319 e. The number of ether oxygens (including phenoxy) is 1. The largest absolute Gasteiger partial charge is 0.468 e. The number of hydrogen-bond acceptors (Lipinski definition) is 4. The van der Waals surface area contributed by atoms with Crippen LogP contribution in [0.25, 0.3) is 0 Å². The summed E-state index contributed by atoms with van der Waals surface area (Å²) in [4.78, 5) is 13.6. The predicted octanol–water partition coefficient (Wildman–Crippen LogP) is 2.04. The van der Waals surface area contributed by atoms with Crippen LogP contribution < -0.4 is 5.32 Å². The number of esters is 1. The molecule has 19 heavy (non-hydrogen) atoms. The highest BCUT2D eigenvalue weighted by atomic mass is 16.5. The van der Waals surface area contributed by atoms with Crippen molar-refractivity contribution in [2.75, 3.05) is 32.1 Å². The first-order valence-corrected chi connectivity index (χ1v) is 6.88. The van der Waals surface area contributed by atoms with E-state index in [0.717, 1.165) is 32.5 Å². The van der Waals surface area contributed by atoms with E-state index in [4.69, 9.17) is 4.74 Å². The van der Waals surface area contributed by atoms with Crippen LogP contribution >= 0.6 is 0 Å². The summed E-state index contributed by atoms with van der Waals surface area (Å²) in [5, 5.41) is 3.44. The summed E-state index contributed by atoms with van der Waals surface area (Å²) in [6.07, 6.45) is 2.12. The lowest BCUT2D eigenvalue weighted by molar-refractivity contribution is -0.142. The Balaban J connectivity index is 2.08. The highest BCUT2D eigenvalue weighted by molar-refractivity contribution is 5.71. The molecule has 4 heteroatoms. The molecule has 0 fully saturated rings. The van der Waals surface area contributed by atoms with Crippen molar-refractivity contribution in [2.24, 2.45) is 0 Å². The van der Waals surface area contributed by atoms with E-state index in [2.05, 4.69) is 35.3 Å². The molecular weight excluding hydrogens is 240 g/mol. The van der Waals surface area contributed by atoms with Crippen LogP contribution in [0.5, 0.6) is 0 Å². The average Bonchev–Trinajstić information content (AvgIpc) is 2.88. The van der Waals surface area contributed by atoms with E-state index in [0.29, 0.717) is 6.54 Å². The highest BCUT2D eigenvalue weighted by Gasteiger charge is 2.17. The molecule has 0 aliphatic carbocycles. The van der Waals surface area contributed by atoms with E-state index in [9.17, 15) is 4.79 Å². The summed E-state index contributed by atoms with van der Waals surface area (Å²) in [7, 11) is 1.44. The van der Waals surface area contributed by atoms with Gasteiger partial charge in [-0.2, -0.15) is 0 Å². The summed E-state index contributed by atoms with van der Waals surface area (Å²) < 4.78 is 4.76. The molecule has 1 aromatic rings. The van der Waals surface area contributed by atoms with Crippen molar-refractivity contribution in [2.45, 2.75) is 26.3 Å². The van der Waals surface area contributed by atoms with Gasteiger partial charge in [0, 0.05) is 18.8 Å². The molecule has 1 aliphatic heterocycles. The molecule has 0 aromatic heterocycles. The first-order valence-electron chi connectivity index (χ1n) is 6.88. The fourth-order valence-electron chi connectivity index (χ4n) is 2.56. The Bertz CT molecular complexity index is 446. The molecule has 0 atom stereocenters. The van der Waals surface area contributed by atoms with Crippen molar-refractivity contribution in [3.8, 4) is 0 Å². The van der Waals surface area contributed by atoms with Crippen molar-refractivity contribution in [1.29, 1.82) is 0 Å². The molecule has 0 amide bonds. The SMILES string of the molecule is CCCN(CC(=O)OC)Cc1cccc2c1NCC2. The summed E-state index contributed by atoms with van der Waals surface area (Å²) >= 11 is 0. The van der Waals surface area contributed by atoms with Crippen LogP contribution in [0.15, 0.2) is 18.2 Å². The van der Waals surface area contributed by atoms with E-state index < -0.39 is 0 Å². The van der Waals surface area contributed by atoms with E-state index >= 15 is 0 Å². The first kappa shape index (κ1) is 13.9. The third-order valence-electron chi connectivity index (χ3n) is 3.45. The Hall–Kier alpha value is -1.55. The number of para-hydroxylation sites is 1. The number of anilines is 1. The van der Waals surface area contributed by atoms with Crippen LogP contribution in [0.3, 0.4) is 0 Å². The molecule has 0 unspecified atom stereocenters. The number of carbonyl (C=O) groups is 1. The molecule has 2 rings (SSSR count). The van der Waals surface area contributed by atoms with Crippen LogP contribution in [0.4, 0.5) is 5.69 Å². The van der Waals surface area contributed by atoms with Crippen molar-refractivity contribution >= 4 is 11.7 Å². The zero-order valence-corrected chi connectivity index (χ0v) is 11.7. The van der Waals surface area contributed by atoms with Crippen LogP contribution in [-0.4, -0.2) is 37.6 Å². The van der Waals surface area contributed by atoms with Gasteiger partial charge in [0.1, 0.15) is 0 Å². The van der Waals surface area contributed by atoms with Gasteiger partial charge in [0.05, 0.1) is 13.7 Å². The van der Waals surface area contributed by atoms with Gasteiger partial charge in [0.25, 0.3) is 0 Å². The zero-order chi connectivity index (χ0) is 13.7. The second kappa shape index (κ2) is 6.57. The van der Waals surface area contributed by atoms with Crippen LogP contribution in [-0.2, 0) is 22.5 Å². The molecule has 1 aliphatic rings. The molecule has 0 bridgehead atoms. The minimum atomic E-state index is -0.172.